The van der Waals surface area contributed by atoms with E-state index in [4.69, 9.17) is 0 Å². The van der Waals surface area contributed by atoms with Gasteiger partial charge < -0.3 is 9.36 Å². The van der Waals surface area contributed by atoms with E-state index in [0.29, 0.717) is 6.42 Å². The maximum atomic E-state index is 10.5. The standard InChI is InChI=1S/C11H9BrN2O/c12-10-3-1-2-4-11(10)14-8-13-7-9(14)5-6-15/h1-4,6-8H,5H2. The predicted octanol–water partition coefficient (Wildman–Crippen LogP) is 2.38. The summed E-state index contributed by atoms with van der Waals surface area (Å²) in [6.07, 6.45) is 4.67. The first kappa shape index (κ1) is 10.1. The van der Waals surface area contributed by atoms with Crippen molar-refractivity contribution in [1.29, 1.82) is 0 Å². The summed E-state index contributed by atoms with van der Waals surface area (Å²) in [7, 11) is 0. The van der Waals surface area contributed by atoms with Gasteiger partial charge >= 0.3 is 0 Å². The molecule has 0 aliphatic carbocycles. The fourth-order valence-corrected chi connectivity index (χ4v) is 1.90. The van der Waals surface area contributed by atoms with Crippen molar-refractivity contribution in [2.75, 3.05) is 0 Å². The van der Waals surface area contributed by atoms with Crippen LogP contribution in [0.3, 0.4) is 0 Å². The number of benzene rings is 1. The summed E-state index contributed by atoms with van der Waals surface area (Å²) in [6.45, 7) is 0. The number of halogens is 1. The Hall–Kier alpha value is -1.42. The van der Waals surface area contributed by atoms with Crippen molar-refractivity contribution in [1.82, 2.24) is 9.55 Å². The van der Waals surface area contributed by atoms with Gasteiger partial charge in [-0.3, -0.25) is 0 Å². The van der Waals surface area contributed by atoms with Crippen LogP contribution in [0.1, 0.15) is 5.69 Å². The van der Waals surface area contributed by atoms with Crippen LogP contribution in [0.15, 0.2) is 41.3 Å². The Morgan fingerprint density at radius 1 is 1.40 bits per heavy atom. The zero-order valence-electron chi connectivity index (χ0n) is 7.93. The van der Waals surface area contributed by atoms with Gasteiger partial charge in [-0.15, -0.1) is 0 Å². The lowest BCUT2D eigenvalue weighted by Crippen LogP contribution is -2.00. The van der Waals surface area contributed by atoms with Crippen LogP contribution in [0, 0.1) is 0 Å². The Balaban J connectivity index is 2.49. The molecule has 0 unspecified atom stereocenters. The summed E-state index contributed by atoms with van der Waals surface area (Å²) in [5.41, 5.74) is 1.88. The molecule has 0 saturated carbocycles. The molecule has 76 valence electrons. The Morgan fingerprint density at radius 2 is 2.20 bits per heavy atom. The molecular weight excluding hydrogens is 256 g/mol. The quantitative estimate of drug-likeness (QED) is 0.798. The Labute approximate surface area is 95.9 Å². The second-order valence-electron chi connectivity index (χ2n) is 3.08. The second-order valence-corrected chi connectivity index (χ2v) is 3.93. The van der Waals surface area contributed by atoms with Gasteiger partial charge in [0, 0.05) is 22.8 Å². The molecule has 0 aliphatic rings. The molecule has 0 radical (unpaired) electrons. The van der Waals surface area contributed by atoms with E-state index in [1.807, 2.05) is 28.8 Å². The highest BCUT2D eigenvalue weighted by atomic mass is 79.9. The maximum absolute atomic E-state index is 10.5. The predicted molar refractivity (Wildman–Crippen MR) is 61.0 cm³/mol. The highest BCUT2D eigenvalue weighted by molar-refractivity contribution is 9.10. The number of rotatable bonds is 3. The van der Waals surface area contributed by atoms with Crippen molar-refractivity contribution in [3.05, 3.63) is 47.0 Å². The Bertz CT molecular complexity index is 479. The van der Waals surface area contributed by atoms with Crippen molar-refractivity contribution in [3.63, 3.8) is 0 Å². The molecular formula is C11H9BrN2O. The van der Waals surface area contributed by atoms with Crippen LogP contribution < -0.4 is 0 Å². The third kappa shape index (κ3) is 1.99. The first-order chi connectivity index (χ1) is 7.33. The molecule has 0 amide bonds. The van der Waals surface area contributed by atoms with Crippen molar-refractivity contribution >= 4 is 22.2 Å². The van der Waals surface area contributed by atoms with Crippen LogP contribution in [-0.4, -0.2) is 15.8 Å². The molecule has 0 saturated heterocycles. The molecule has 0 N–H and O–H groups in total. The maximum Gasteiger partial charge on any atom is 0.125 e. The van der Waals surface area contributed by atoms with Crippen LogP contribution >= 0.6 is 15.9 Å². The number of hydrogen-bond donors (Lipinski definition) is 0. The lowest BCUT2D eigenvalue weighted by atomic mass is 10.3. The number of imidazole rings is 1. The molecule has 0 fully saturated rings. The Kier molecular flexibility index (Phi) is 2.97. The summed E-state index contributed by atoms with van der Waals surface area (Å²) in [6, 6.07) is 7.83. The van der Waals surface area contributed by atoms with Crippen molar-refractivity contribution in [2.45, 2.75) is 6.42 Å². The van der Waals surface area contributed by atoms with Gasteiger partial charge in [0.2, 0.25) is 0 Å². The van der Waals surface area contributed by atoms with Gasteiger partial charge in [0.25, 0.3) is 0 Å². The van der Waals surface area contributed by atoms with E-state index in [2.05, 4.69) is 20.9 Å². The van der Waals surface area contributed by atoms with Crippen molar-refractivity contribution < 1.29 is 4.79 Å². The summed E-state index contributed by atoms with van der Waals surface area (Å²) in [5.74, 6) is 0. The third-order valence-electron chi connectivity index (χ3n) is 2.12. The molecule has 0 bridgehead atoms. The number of nitrogens with zero attached hydrogens (tertiary/aromatic N) is 2. The van der Waals surface area contributed by atoms with Crippen LogP contribution in [0.5, 0.6) is 0 Å². The summed E-state index contributed by atoms with van der Waals surface area (Å²) >= 11 is 3.47. The van der Waals surface area contributed by atoms with Crippen LogP contribution in [0.2, 0.25) is 0 Å². The minimum atomic E-state index is 0.376. The van der Waals surface area contributed by atoms with E-state index >= 15 is 0 Å². The van der Waals surface area contributed by atoms with Gasteiger partial charge in [0.15, 0.2) is 0 Å². The first-order valence-corrected chi connectivity index (χ1v) is 5.32. The SMILES string of the molecule is O=CCc1cncn1-c1ccccc1Br. The molecule has 1 aromatic carbocycles. The van der Waals surface area contributed by atoms with Crippen LogP contribution in [0.4, 0.5) is 0 Å². The zero-order chi connectivity index (χ0) is 10.7. The molecule has 0 spiro atoms. The average molecular weight is 265 g/mol. The number of aromatic nitrogens is 2. The molecule has 15 heavy (non-hydrogen) atoms. The minimum absolute atomic E-state index is 0.376. The van der Waals surface area contributed by atoms with E-state index in [9.17, 15) is 4.79 Å². The van der Waals surface area contributed by atoms with Gasteiger partial charge in [-0.05, 0) is 28.1 Å². The molecule has 2 aromatic rings. The number of carbonyl (C=O) groups excluding carboxylic acids is 1. The monoisotopic (exact) mass is 264 g/mol. The van der Waals surface area contributed by atoms with Crippen molar-refractivity contribution in [2.24, 2.45) is 0 Å². The van der Waals surface area contributed by atoms with E-state index < -0.39 is 0 Å². The molecule has 0 atom stereocenters. The second kappa shape index (κ2) is 4.40. The van der Waals surface area contributed by atoms with Gasteiger partial charge in [0.1, 0.15) is 6.29 Å². The number of para-hydroxylation sites is 1. The van der Waals surface area contributed by atoms with E-state index in [1.54, 1.807) is 12.5 Å². The van der Waals surface area contributed by atoms with Gasteiger partial charge in [-0.25, -0.2) is 4.98 Å². The van der Waals surface area contributed by atoms with Gasteiger partial charge in [-0.2, -0.15) is 0 Å². The van der Waals surface area contributed by atoms with Crippen molar-refractivity contribution in [3.8, 4) is 5.69 Å². The van der Waals surface area contributed by atoms with E-state index in [-0.39, 0.29) is 0 Å². The fourth-order valence-electron chi connectivity index (χ4n) is 1.42. The largest absolute Gasteiger partial charge is 0.303 e. The molecule has 4 heteroatoms. The summed E-state index contributed by atoms with van der Waals surface area (Å²) < 4.78 is 2.88. The third-order valence-corrected chi connectivity index (χ3v) is 2.79. The minimum Gasteiger partial charge on any atom is -0.303 e. The van der Waals surface area contributed by atoms with E-state index in [1.165, 1.54) is 0 Å². The fraction of sp³-hybridized carbons (Fsp3) is 0.0909. The van der Waals surface area contributed by atoms with Gasteiger partial charge in [-0.1, -0.05) is 12.1 Å². The smallest absolute Gasteiger partial charge is 0.125 e. The Morgan fingerprint density at radius 3 is 2.93 bits per heavy atom. The molecule has 3 nitrogen and oxygen atoms in total. The van der Waals surface area contributed by atoms with Gasteiger partial charge in [0.05, 0.1) is 12.0 Å². The zero-order valence-corrected chi connectivity index (χ0v) is 9.52. The highest BCUT2D eigenvalue weighted by Crippen LogP contribution is 2.21. The molecule has 2 rings (SSSR count). The topological polar surface area (TPSA) is 34.9 Å². The van der Waals surface area contributed by atoms with Crippen LogP contribution in [0.25, 0.3) is 5.69 Å². The highest BCUT2D eigenvalue weighted by Gasteiger charge is 2.05. The van der Waals surface area contributed by atoms with Crippen LogP contribution in [-0.2, 0) is 11.2 Å². The lowest BCUT2D eigenvalue weighted by Gasteiger charge is -2.07. The first-order valence-electron chi connectivity index (χ1n) is 4.52. The summed E-state index contributed by atoms with van der Waals surface area (Å²) in [5, 5.41) is 0. The normalized spacial score (nSPS) is 10.2. The lowest BCUT2D eigenvalue weighted by molar-refractivity contribution is -0.107. The molecule has 1 aromatic heterocycles. The number of hydrogen-bond acceptors (Lipinski definition) is 2. The van der Waals surface area contributed by atoms with E-state index in [0.717, 1.165) is 22.1 Å². The molecule has 0 aliphatic heterocycles. The number of aldehydes is 1. The average Bonchev–Trinajstić information content (AvgIpc) is 2.67. The summed E-state index contributed by atoms with van der Waals surface area (Å²) in [4.78, 5) is 14.5. The number of carbonyl (C=O) groups is 1. The molecule has 1 heterocycles.